The Bertz CT molecular complexity index is 2500. The van der Waals surface area contributed by atoms with Crippen molar-refractivity contribution in [1.82, 2.24) is 0 Å². The molecule has 4 aliphatic carbocycles. The molecule has 1 heterocycles. The second-order valence-electron chi connectivity index (χ2n) is 21.4. The Balaban J connectivity index is 0.000000223. The van der Waals surface area contributed by atoms with Gasteiger partial charge in [-0.05, 0) is 114 Å². The molecule has 4 saturated carbocycles. The number of thiophene rings is 1. The van der Waals surface area contributed by atoms with Crippen LogP contribution in [0.2, 0.25) is 0 Å². The van der Waals surface area contributed by atoms with Crippen molar-refractivity contribution in [2.75, 3.05) is 6.61 Å². The molecule has 4 aromatic rings. The van der Waals surface area contributed by atoms with E-state index in [1.54, 1.807) is 0 Å². The Kier molecular flexibility index (Phi) is 13.1. The van der Waals surface area contributed by atoms with E-state index in [4.69, 9.17) is 4.74 Å². The third-order valence-electron chi connectivity index (χ3n) is 16.3. The number of ketones is 3. The van der Waals surface area contributed by atoms with E-state index in [2.05, 4.69) is 100 Å². The molecule has 0 saturated heterocycles. The van der Waals surface area contributed by atoms with Crippen LogP contribution in [0, 0.1) is 51.8 Å². The summed E-state index contributed by atoms with van der Waals surface area (Å²) in [5.74, 6) is -0.373. The van der Waals surface area contributed by atoms with Gasteiger partial charge in [0.05, 0.1) is 6.61 Å². The number of rotatable bonds is 10. The van der Waals surface area contributed by atoms with Gasteiger partial charge < -0.3 is 9.29 Å². The molecule has 4 fully saturated rings. The summed E-state index contributed by atoms with van der Waals surface area (Å²) in [7, 11) is -5.85. The first-order chi connectivity index (χ1) is 29.8. The minimum atomic E-state index is -5.87. The molecule has 4 aliphatic rings. The van der Waals surface area contributed by atoms with Crippen LogP contribution in [0.25, 0.3) is 25.1 Å². The molecule has 3 aromatic carbocycles. The third kappa shape index (κ3) is 8.53. The monoisotopic (exact) mass is 918 g/mol. The maximum atomic E-state index is 14.0. The lowest BCUT2D eigenvalue weighted by Crippen LogP contribution is -2.60. The van der Waals surface area contributed by atoms with E-state index < -0.39 is 45.2 Å². The van der Waals surface area contributed by atoms with Crippen LogP contribution in [-0.4, -0.2) is 48.2 Å². The molecule has 0 aliphatic heterocycles. The van der Waals surface area contributed by atoms with Gasteiger partial charge in [-0.3, -0.25) is 19.2 Å². The van der Waals surface area contributed by atoms with Crippen LogP contribution < -0.4 is 0 Å². The highest BCUT2D eigenvalue weighted by molar-refractivity contribution is 7.86. The number of carbonyl (C=O) groups is 4. The summed E-state index contributed by atoms with van der Waals surface area (Å²) in [5.41, 5.74) is -1.48. The number of alkyl halides is 2. The topological polar surface area (TPSA) is 135 Å². The van der Waals surface area contributed by atoms with Gasteiger partial charge in [-0.2, -0.15) is 8.78 Å². The van der Waals surface area contributed by atoms with Crippen molar-refractivity contribution >= 4 is 64.1 Å². The molecule has 8 nitrogen and oxygen atoms in total. The molecule has 12 heteroatoms. The number of halogens is 2. The molecule has 0 radical (unpaired) electrons. The average molecular weight is 919 g/mol. The fraction of sp³-hybridized carbons (Fsp3) is 0.577. The van der Waals surface area contributed by atoms with Gasteiger partial charge in [-0.15, -0.1) is 0 Å². The second kappa shape index (κ2) is 17.4. The SMILES string of the molecule is CC(C)(C)c1ccc(-[s+]2c3ccccc3c3ccccc32)cc1.C[C@H](CCC(=O)OCCC(C)(C)C(F)(F)S(=O)(=O)[O-])[C@H]1CC[C@H]2[C@@H]3C(=O)CC4CC(=O)CC[C@]4(C)[C@@H]3CC(=O)[C@]12C. The minimum Gasteiger partial charge on any atom is -0.743 e. The Morgan fingerprint density at radius 2 is 1.45 bits per heavy atom. The van der Waals surface area contributed by atoms with Gasteiger partial charge >= 0.3 is 11.2 Å². The van der Waals surface area contributed by atoms with Crippen molar-refractivity contribution in [2.45, 2.75) is 130 Å². The third-order valence-corrected chi connectivity index (χ3v) is 19.8. The lowest BCUT2D eigenvalue weighted by Gasteiger charge is -2.58. The normalized spacial score (nSPS) is 27.9. The molecular formula is C52H64F2O8S2. The Morgan fingerprint density at radius 3 is 2.03 bits per heavy atom. The summed E-state index contributed by atoms with van der Waals surface area (Å²) in [6, 6.07) is 26.9. The molecule has 1 unspecified atom stereocenters. The van der Waals surface area contributed by atoms with Crippen molar-refractivity contribution in [1.29, 1.82) is 0 Å². The van der Waals surface area contributed by atoms with Crippen LogP contribution in [0.5, 0.6) is 0 Å². The predicted molar refractivity (Wildman–Crippen MR) is 247 cm³/mol. The highest BCUT2D eigenvalue weighted by atomic mass is 32.2. The number of fused-ring (bicyclic) bond motifs is 8. The number of hydrogen-bond donors (Lipinski definition) is 0. The fourth-order valence-electron chi connectivity index (χ4n) is 12.1. The van der Waals surface area contributed by atoms with Gasteiger partial charge in [-0.1, -0.05) is 91.8 Å². The van der Waals surface area contributed by atoms with Crippen molar-refractivity contribution in [3.63, 3.8) is 0 Å². The molecule has 64 heavy (non-hydrogen) atoms. The first-order valence-corrected chi connectivity index (χ1v) is 25.6. The number of hydrogen-bond acceptors (Lipinski definition) is 8. The second-order valence-corrected chi connectivity index (χ2v) is 24.7. The standard InChI is InChI=1S/C30H44F2O8S.C22H21S/c1-17(6-9-25(36)40-13-12-27(2,3)30(31,32)41(37,38)39)20-7-8-21-26-22(16-24(35)29(20,21)5)28(4)11-10-19(33)14-18(28)15-23(26)34;1-22(2,3)16-12-14-17(15-13-16)23-20-10-6-4-8-18(20)19-9-5-7-11-21(19)23/h17-18,20-22,26H,6-16H2,1-5H3,(H,37,38,39);4-15H,1-3H3/q;+1/p-1/t17-,18?,20-,21+,22-,26+,28+,29-;/m1./s1. The smallest absolute Gasteiger partial charge is 0.339 e. The van der Waals surface area contributed by atoms with Crippen LogP contribution in [0.1, 0.15) is 125 Å². The lowest BCUT2D eigenvalue weighted by molar-refractivity contribution is -0.166. The number of ether oxygens (including phenoxy) is 1. The van der Waals surface area contributed by atoms with Gasteiger partial charge in [0.2, 0.25) is 0 Å². The number of benzene rings is 3. The zero-order chi connectivity index (χ0) is 46.8. The van der Waals surface area contributed by atoms with Crippen LogP contribution in [0.15, 0.2) is 72.8 Å². The van der Waals surface area contributed by atoms with Crippen LogP contribution >= 0.6 is 10.5 Å². The summed E-state index contributed by atoms with van der Waals surface area (Å²) < 4.78 is 68.9. The van der Waals surface area contributed by atoms with Crippen LogP contribution in [0.3, 0.4) is 0 Å². The van der Waals surface area contributed by atoms with Crippen LogP contribution in [-0.2, 0) is 39.4 Å². The van der Waals surface area contributed by atoms with E-state index in [9.17, 15) is 40.9 Å². The number of esters is 1. The van der Waals surface area contributed by atoms with E-state index in [0.717, 1.165) is 33.1 Å². The molecule has 0 bridgehead atoms. The zero-order valence-corrected chi connectivity index (χ0v) is 40.1. The van der Waals surface area contributed by atoms with Crippen LogP contribution in [0.4, 0.5) is 8.78 Å². The number of Topliss-reactive ketones (excluding diaryl/α,β-unsaturated/α-hetero) is 3. The van der Waals surface area contributed by atoms with Crippen molar-refractivity contribution in [3.8, 4) is 4.90 Å². The summed E-state index contributed by atoms with van der Waals surface area (Å²) in [5, 5.41) is -1.72. The van der Waals surface area contributed by atoms with E-state index >= 15 is 0 Å². The first kappa shape index (κ1) is 48.1. The van der Waals surface area contributed by atoms with Gasteiger partial charge in [0, 0.05) is 70.1 Å². The fourth-order valence-corrected chi connectivity index (χ4v) is 15.3. The van der Waals surface area contributed by atoms with E-state index in [0.29, 0.717) is 32.1 Å². The van der Waals surface area contributed by atoms with Gasteiger partial charge in [0.15, 0.2) is 24.4 Å². The Labute approximate surface area is 380 Å². The van der Waals surface area contributed by atoms with Gasteiger partial charge in [0.1, 0.15) is 17.3 Å². The summed E-state index contributed by atoms with van der Waals surface area (Å²) in [4.78, 5) is 53.4. The lowest BCUT2D eigenvalue weighted by atomic mass is 9.44. The number of carbonyl (C=O) groups excluding carboxylic acids is 4. The summed E-state index contributed by atoms with van der Waals surface area (Å²) in [6.45, 7) is 14.4. The largest absolute Gasteiger partial charge is 0.743 e. The molecule has 0 amide bonds. The maximum Gasteiger partial charge on any atom is 0.339 e. The molecule has 8 rings (SSSR count). The molecule has 0 spiro atoms. The quantitative estimate of drug-likeness (QED) is 0.0872. The Hall–Kier alpha value is -3.87. The van der Waals surface area contributed by atoms with Gasteiger partial charge in [-0.25, -0.2) is 8.42 Å². The highest BCUT2D eigenvalue weighted by Gasteiger charge is 2.66. The molecular weight excluding hydrogens is 855 g/mol. The molecule has 1 aromatic heterocycles. The van der Waals surface area contributed by atoms with Crippen molar-refractivity contribution in [2.24, 2.45) is 51.8 Å². The average Bonchev–Trinajstić information content (AvgIpc) is 3.76. The predicted octanol–water partition coefficient (Wildman–Crippen LogP) is 12.1. The minimum absolute atomic E-state index is 0.00203. The highest BCUT2D eigenvalue weighted by Crippen LogP contribution is 2.66. The molecule has 8 atom stereocenters. The summed E-state index contributed by atoms with van der Waals surface area (Å²) >= 11 is 0. The van der Waals surface area contributed by atoms with E-state index in [1.165, 1.54) is 30.6 Å². The van der Waals surface area contributed by atoms with Crippen molar-refractivity contribution in [3.05, 3.63) is 78.4 Å². The van der Waals surface area contributed by atoms with Crippen molar-refractivity contribution < 1.29 is 45.7 Å². The van der Waals surface area contributed by atoms with E-state index in [1.807, 2.05) is 13.8 Å². The van der Waals surface area contributed by atoms with E-state index in [-0.39, 0.29) is 80.6 Å². The maximum absolute atomic E-state index is 14.0. The molecule has 0 N–H and O–H groups in total. The molecule has 346 valence electrons. The zero-order valence-electron chi connectivity index (χ0n) is 38.5. The summed E-state index contributed by atoms with van der Waals surface area (Å²) in [6.07, 6.45) is 3.85. The first-order valence-electron chi connectivity index (χ1n) is 22.9. The Morgan fingerprint density at radius 1 is 0.859 bits per heavy atom. The van der Waals surface area contributed by atoms with Gasteiger partial charge in [0.25, 0.3) is 0 Å².